The minimum atomic E-state index is -0.385. The van der Waals surface area contributed by atoms with E-state index in [1.807, 2.05) is 24.3 Å². The molecule has 7 nitrogen and oxygen atoms in total. The maximum Gasteiger partial charge on any atom is 0.251 e. The molecular formula is C23H30ClN5O2. The first-order chi connectivity index (χ1) is 15.0. The lowest BCUT2D eigenvalue weighted by molar-refractivity contribution is -0.117. The van der Waals surface area contributed by atoms with Crippen LogP contribution in [0.2, 0.25) is 5.02 Å². The van der Waals surface area contributed by atoms with Gasteiger partial charge in [0.05, 0.1) is 0 Å². The van der Waals surface area contributed by atoms with E-state index in [-0.39, 0.29) is 23.9 Å². The highest BCUT2D eigenvalue weighted by Crippen LogP contribution is 2.28. The number of amides is 2. The first kappa shape index (κ1) is 23.2. The van der Waals surface area contributed by atoms with Crippen LogP contribution in [0.1, 0.15) is 42.2 Å². The number of carbonyl (C=O) groups is 2. The van der Waals surface area contributed by atoms with Crippen molar-refractivity contribution >= 4 is 29.1 Å². The monoisotopic (exact) mass is 443 g/mol. The quantitative estimate of drug-likeness (QED) is 0.478. The SMILES string of the molecule is CCN(CC)CCNC(=O)c1ccc(NC(=O)C2CC(c3ccccc3Cl)NN2)cc1. The van der Waals surface area contributed by atoms with E-state index in [1.54, 1.807) is 24.3 Å². The van der Waals surface area contributed by atoms with Gasteiger partial charge in [-0.2, -0.15) is 0 Å². The van der Waals surface area contributed by atoms with Gasteiger partial charge in [0.1, 0.15) is 6.04 Å². The molecule has 2 aromatic rings. The van der Waals surface area contributed by atoms with Crippen molar-refractivity contribution in [2.24, 2.45) is 0 Å². The molecule has 0 spiro atoms. The first-order valence-electron chi connectivity index (χ1n) is 10.7. The summed E-state index contributed by atoms with van der Waals surface area (Å²) in [4.78, 5) is 27.2. The van der Waals surface area contributed by atoms with Crippen molar-refractivity contribution in [1.82, 2.24) is 21.1 Å². The van der Waals surface area contributed by atoms with Crippen molar-refractivity contribution in [2.75, 3.05) is 31.5 Å². The highest BCUT2D eigenvalue weighted by molar-refractivity contribution is 6.31. The molecular weight excluding hydrogens is 414 g/mol. The van der Waals surface area contributed by atoms with Gasteiger partial charge in [0.15, 0.2) is 0 Å². The van der Waals surface area contributed by atoms with Gasteiger partial charge in [-0.15, -0.1) is 0 Å². The Morgan fingerprint density at radius 3 is 2.45 bits per heavy atom. The summed E-state index contributed by atoms with van der Waals surface area (Å²) in [7, 11) is 0. The lowest BCUT2D eigenvalue weighted by Gasteiger charge is -2.18. The van der Waals surface area contributed by atoms with Crippen molar-refractivity contribution in [1.29, 1.82) is 0 Å². The molecule has 0 aliphatic carbocycles. The molecule has 0 radical (unpaired) electrons. The molecule has 0 bridgehead atoms. The Hall–Kier alpha value is -2.45. The predicted molar refractivity (Wildman–Crippen MR) is 124 cm³/mol. The van der Waals surface area contributed by atoms with Crippen LogP contribution in [-0.4, -0.2) is 48.9 Å². The third-order valence-electron chi connectivity index (χ3n) is 5.52. The minimum absolute atomic E-state index is 0.0353. The van der Waals surface area contributed by atoms with Gasteiger partial charge in [-0.1, -0.05) is 43.6 Å². The van der Waals surface area contributed by atoms with Gasteiger partial charge >= 0.3 is 0 Å². The van der Waals surface area contributed by atoms with Gasteiger partial charge in [-0.05, 0) is 55.4 Å². The second kappa shape index (κ2) is 11.2. The molecule has 2 atom stereocenters. The third kappa shape index (κ3) is 6.27. The fraction of sp³-hybridized carbons (Fsp3) is 0.391. The van der Waals surface area contributed by atoms with E-state index in [0.29, 0.717) is 29.2 Å². The molecule has 2 unspecified atom stereocenters. The van der Waals surface area contributed by atoms with Gasteiger partial charge in [0.2, 0.25) is 5.91 Å². The molecule has 1 saturated heterocycles. The average molecular weight is 444 g/mol. The maximum absolute atomic E-state index is 12.6. The number of nitrogens with zero attached hydrogens (tertiary/aromatic N) is 1. The van der Waals surface area contributed by atoms with Crippen LogP contribution in [0.3, 0.4) is 0 Å². The topological polar surface area (TPSA) is 85.5 Å². The average Bonchev–Trinajstić information content (AvgIpc) is 3.27. The first-order valence-corrected chi connectivity index (χ1v) is 11.1. The predicted octanol–water partition coefficient (Wildman–Crippen LogP) is 2.96. The standard InChI is InChI=1S/C23H30ClN5O2/c1-3-29(4-2)14-13-25-22(30)16-9-11-17(12-10-16)26-23(31)21-15-20(27-28-21)18-7-5-6-8-19(18)24/h5-12,20-21,27-28H,3-4,13-15H2,1-2H3,(H,25,30)(H,26,31). The molecule has 3 rings (SSSR count). The zero-order chi connectivity index (χ0) is 22.2. The van der Waals surface area contributed by atoms with E-state index >= 15 is 0 Å². The lowest BCUT2D eigenvalue weighted by atomic mass is 10.0. The second-order valence-corrected chi connectivity index (χ2v) is 7.91. The van der Waals surface area contributed by atoms with Crippen molar-refractivity contribution < 1.29 is 9.59 Å². The Kier molecular flexibility index (Phi) is 8.43. The number of rotatable bonds is 9. The third-order valence-corrected chi connectivity index (χ3v) is 5.87. The highest BCUT2D eigenvalue weighted by atomic mass is 35.5. The maximum atomic E-state index is 12.6. The smallest absolute Gasteiger partial charge is 0.251 e. The number of nitrogens with one attached hydrogen (secondary N) is 4. The van der Waals surface area contributed by atoms with Crippen LogP contribution in [0, 0.1) is 0 Å². The van der Waals surface area contributed by atoms with E-state index in [1.165, 1.54) is 0 Å². The number of anilines is 1. The summed E-state index contributed by atoms with van der Waals surface area (Å²) < 4.78 is 0. The normalized spacial score (nSPS) is 18.2. The minimum Gasteiger partial charge on any atom is -0.351 e. The van der Waals surface area contributed by atoms with Crippen LogP contribution in [0.4, 0.5) is 5.69 Å². The van der Waals surface area contributed by atoms with Gasteiger partial charge < -0.3 is 15.5 Å². The van der Waals surface area contributed by atoms with Crippen LogP contribution in [0.25, 0.3) is 0 Å². The zero-order valence-corrected chi connectivity index (χ0v) is 18.7. The van der Waals surface area contributed by atoms with E-state index < -0.39 is 0 Å². The van der Waals surface area contributed by atoms with Crippen LogP contribution in [-0.2, 0) is 4.79 Å². The summed E-state index contributed by atoms with van der Waals surface area (Å²) in [5.74, 6) is -0.257. The van der Waals surface area contributed by atoms with Gasteiger partial charge in [0, 0.05) is 35.4 Å². The number of benzene rings is 2. The fourth-order valence-electron chi connectivity index (χ4n) is 3.59. The van der Waals surface area contributed by atoms with Gasteiger partial charge in [-0.3, -0.25) is 9.59 Å². The Morgan fingerprint density at radius 1 is 1.06 bits per heavy atom. The van der Waals surface area contributed by atoms with Crippen LogP contribution in [0.5, 0.6) is 0 Å². The molecule has 4 N–H and O–H groups in total. The lowest BCUT2D eigenvalue weighted by Crippen LogP contribution is -2.39. The number of likely N-dealkylation sites (N-methyl/N-ethyl adjacent to an activating group) is 1. The zero-order valence-electron chi connectivity index (χ0n) is 18.0. The van der Waals surface area contributed by atoms with Crippen molar-refractivity contribution in [3.05, 3.63) is 64.7 Å². The second-order valence-electron chi connectivity index (χ2n) is 7.50. The number of halogens is 1. The molecule has 1 heterocycles. The summed E-state index contributed by atoms with van der Waals surface area (Å²) in [6.07, 6.45) is 0.586. The van der Waals surface area contributed by atoms with Crippen molar-refractivity contribution in [3.63, 3.8) is 0 Å². The van der Waals surface area contributed by atoms with Crippen LogP contribution < -0.4 is 21.5 Å². The molecule has 166 valence electrons. The number of carbonyl (C=O) groups excluding carboxylic acids is 2. The number of hydrogen-bond donors (Lipinski definition) is 4. The molecule has 31 heavy (non-hydrogen) atoms. The summed E-state index contributed by atoms with van der Waals surface area (Å²) >= 11 is 6.26. The number of hydrogen-bond acceptors (Lipinski definition) is 5. The number of hydrazine groups is 1. The van der Waals surface area contributed by atoms with Crippen LogP contribution >= 0.6 is 11.6 Å². The van der Waals surface area contributed by atoms with E-state index in [2.05, 4.69) is 40.2 Å². The fourth-order valence-corrected chi connectivity index (χ4v) is 3.86. The highest BCUT2D eigenvalue weighted by Gasteiger charge is 2.31. The van der Waals surface area contributed by atoms with E-state index in [0.717, 1.165) is 25.2 Å². The Bertz CT molecular complexity index is 886. The van der Waals surface area contributed by atoms with E-state index in [4.69, 9.17) is 11.6 Å². The molecule has 1 aliphatic rings. The van der Waals surface area contributed by atoms with Crippen LogP contribution in [0.15, 0.2) is 48.5 Å². The van der Waals surface area contributed by atoms with E-state index in [9.17, 15) is 9.59 Å². The largest absolute Gasteiger partial charge is 0.351 e. The summed E-state index contributed by atoms with van der Waals surface area (Å²) in [5.41, 5.74) is 8.35. The molecule has 1 aliphatic heterocycles. The summed E-state index contributed by atoms with van der Waals surface area (Å²) in [5, 5.41) is 6.50. The molecule has 2 aromatic carbocycles. The Balaban J connectivity index is 1.49. The van der Waals surface area contributed by atoms with Gasteiger partial charge in [-0.25, -0.2) is 10.9 Å². The summed E-state index contributed by atoms with van der Waals surface area (Å²) in [6, 6.07) is 14.1. The molecule has 0 aromatic heterocycles. The molecule has 0 saturated carbocycles. The molecule has 1 fully saturated rings. The summed E-state index contributed by atoms with van der Waals surface area (Å²) in [6.45, 7) is 7.56. The van der Waals surface area contributed by atoms with Gasteiger partial charge in [0.25, 0.3) is 5.91 Å². The molecule has 2 amide bonds. The Labute approximate surface area is 188 Å². The Morgan fingerprint density at radius 2 is 1.77 bits per heavy atom. The molecule has 8 heteroatoms. The van der Waals surface area contributed by atoms with Crippen molar-refractivity contribution in [2.45, 2.75) is 32.4 Å². The van der Waals surface area contributed by atoms with Crippen molar-refractivity contribution in [3.8, 4) is 0 Å².